The molecule has 8 heteroatoms. The summed E-state index contributed by atoms with van der Waals surface area (Å²) in [6.45, 7) is 10.5. The van der Waals surface area contributed by atoms with E-state index in [4.69, 9.17) is 0 Å². The lowest BCUT2D eigenvalue weighted by Crippen LogP contribution is -2.54. The standard InChI is InChI=1S/C29H34N4O4/c1-18-15-19(7-8-20(18)17-32-13-11-29(2,3)12-14-32)16-30-22-6-4-5-21-25(22)28(37)33(27(21)36)23-9-10-24(34)31-26(23)35/h4-8,15,23,30H,9-14,16-17H2,1-3H3,(H,31,34,35). The average Bonchev–Trinajstić information content (AvgIpc) is 3.11. The van der Waals surface area contributed by atoms with Gasteiger partial charge in [-0.3, -0.25) is 34.3 Å². The largest absolute Gasteiger partial charge is 0.380 e. The molecular weight excluding hydrogens is 468 g/mol. The lowest BCUT2D eigenvalue weighted by atomic mass is 9.82. The molecule has 3 aliphatic heterocycles. The Labute approximate surface area is 217 Å². The maximum absolute atomic E-state index is 13.3. The summed E-state index contributed by atoms with van der Waals surface area (Å²) in [4.78, 5) is 53.7. The van der Waals surface area contributed by atoms with Gasteiger partial charge in [-0.1, -0.05) is 38.1 Å². The van der Waals surface area contributed by atoms with E-state index in [9.17, 15) is 19.2 Å². The number of hydrogen-bond acceptors (Lipinski definition) is 6. The van der Waals surface area contributed by atoms with E-state index >= 15 is 0 Å². The number of amides is 4. The van der Waals surface area contributed by atoms with Crippen molar-refractivity contribution >= 4 is 29.3 Å². The molecule has 2 aromatic carbocycles. The molecule has 2 saturated heterocycles. The van der Waals surface area contributed by atoms with Gasteiger partial charge >= 0.3 is 0 Å². The Kier molecular flexibility index (Phi) is 6.62. The number of hydrogen-bond donors (Lipinski definition) is 2. The van der Waals surface area contributed by atoms with Crippen LogP contribution in [-0.4, -0.2) is 52.6 Å². The van der Waals surface area contributed by atoms with E-state index in [1.807, 2.05) is 0 Å². The molecule has 0 spiro atoms. The summed E-state index contributed by atoms with van der Waals surface area (Å²) in [5.41, 5.74) is 5.18. The molecule has 0 aliphatic carbocycles. The minimum Gasteiger partial charge on any atom is -0.380 e. The van der Waals surface area contributed by atoms with Crippen molar-refractivity contribution in [3.63, 3.8) is 0 Å². The second-order valence-electron chi connectivity index (χ2n) is 11.2. The predicted molar refractivity (Wildman–Crippen MR) is 140 cm³/mol. The Bertz CT molecular complexity index is 1270. The number of rotatable bonds is 6. The van der Waals surface area contributed by atoms with Gasteiger partial charge in [-0.25, -0.2) is 0 Å². The monoisotopic (exact) mass is 502 g/mol. The molecule has 8 nitrogen and oxygen atoms in total. The summed E-state index contributed by atoms with van der Waals surface area (Å²) in [5, 5.41) is 5.56. The number of likely N-dealkylation sites (tertiary alicyclic amines) is 1. The first-order chi connectivity index (χ1) is 17.6. The zero-order chi connectivity index (χ0) is 26.3. The Hall–Kier alpha value is -3.52. The van der Waals surface area contributed by atoms with E-state index in [1.54, 1.807) is 18.2 Å². The van der Waals surface area contributed by atoms with Crippen molar-refractivity contribution in [3.05, 3.63) is 64.2 Å². The number of anilines is 1. The van der Waals surface area contributed by atoms with Crippen molar-refractivity contribution in [1.82, 2.24) is 15.1 Å². The highest BCUT2D eigenvalue weighted by molar-refractivity contribution is 6.25. The highest BCUT2D eigenvalue weighted by atomic mass is 16.2. The van der Waals surface area contributed by atoms with E-state index in [1.165, 1.54) is 24.0 Å². The number of benzene rings is 2. The van der Waals surface area contributed by atoms with Gasteiger partial charge in [0.05, 0.1) is 11.1 Å². The number of nitrogens with one attached hydrogen (secondary N) is 2. The molecular formula is C29H34N4O4. The number of nitrogens with zero attached hydrogens (tertiary/aromatic N) is 2. The van der Waals surface area contributed by atoms with Crippen LogP contribution in [0.1, 0.15) is 76.9 Å². The van der Waals surface area contributed by atoms with Crippen LogP contribution in [0.3, 0.4) is 0 Å². The zero-order valence-corrected chi connectivity index (χ0v) is 21.7. The third kappa shape index (κ3) is 5.03. The number of imide groups is 2. The average molecular weight is 503 g/mol. The molecule has 0 saturated carbocycles. The van der Waals surface area contributed by atoms with Gasteiger partial charge in [0.25, 0.3) is 11.8 Å². The molecule has 0 radical (unpaired) electrons. The minimum absolute atomic E-state index is 0.0972. The fourth-order valence-electron chi connectivity index (χ4n) is 5.46. The molecule has 1 unspecified atom stereocenters. The van der Waals surface area contributed by atoms with Crippen LogP contribution in [0.15, 0.2) is 36.4 Å². The van der Waals surface area contributed by atoms with Gasteiger partial charge in [0.1, 0.15) is 6.04 Å². The zero-order valence-electron chi connectivity index (χ0n) is 21.7. The van der Waals surface area contributed by atoms with Crippen LogP contribution >= 0.6 is 0 Å². The normalized spacial score (nSPS) is 21.7. The first-order valence-electron chi connectivity index (χ1n) is 13.0. The Morgan fingerprint density at radius 3 is 2.49 bits per heavy atom. The van der Waals surface area contributed by atoms with Gasteiger partial charge in [0.15, 0.2) is 0 Å². The topological polar surface area (TPSA) is 98.8 Å². The summed E-state index contributed by atoms with van der Waals surface area (Å²) < 4.78 is 0. The van der Waals surface area contributed by atoms with Crippen LogP contribution in [0, 0.1) is 12.3 Å². The maximum atomic E-state index is 13.3. The Morgan fingerprint density at radius 2 is 1.78 bits per heavy atom. The van der Waals surface area contributed by atoms with E-state index in [0.29, 0.717) is 17.6 Å². The first kappa shape index (κ1) is 25.1. The highest BCUT2D eigenvalue weighted by Crippen LogP contribution is 2.33. The van der Waals surface area contributed by atoms with Crippen LogP contribution < -0.4 is 10.6 Å². The SMILES string of the molecule is Cc1cc(CNc2cccc3c2C(=O)N(C2CCC(=O)NC2=O)C3=O)ccc1CN1CCC(C)(C)CC1. The van der Waals surface area contributed by atoms with Gasteiger partial charge < -0.3 is 5.32 Å². The second kappa shape index (κ2) is 9.74. The molecule has 0 bridgehead atoms. The smallest absolute Gasteiger partial charge is 0.264 e. The molecule has 3 heterocycles. The van der Waals surface area contributed by atoms with Gasteiger partial charge in [0, 0.05) is 25.2 Å². The highest BCUT2D eigenvalue weighted by Gasteiger charge is 2.45. The summed E-state index contributed by atoms with van der Waals surface area (Å²) >= 11 is 0. The molecule has 3 aliphatic rings. The molecule has 4 amide bonds. The molecule has 37 heavy (non-hydrogen) atoms. The summed E-state index contributed by atoms with van der Waals surface area (Å²) in [5.74, 6) is -2.00. The molecule has 2 aromatic rings. The van der Waals surface area contributed by atoms with Crippen LogP contribution in [-0.2, 0) is 22.7 Å². The van der Waals surface area contributed by atoms with E-state index in [-0.39, 0.29) is 29.9 Å². The van der Waals surface area contributed by atoms with Gasteiger partial charge in [-0.05, 0) is 73.5 Å². The van der Waals surface area contributed by atoms with Crippen molar-refractivity contribution in [3.8, 4) is 0 Å². The quantitative estimate of drug-likeness (QED) is 0.586. The number of aryl methyl sites for hydroxylation is 1. The summed E-state index contributed by atoms with van der Waals surface area (Å²) in [6.07, 6.45) is 2.68. The second-order valence-corrected chi connectivity index (χ2v) is 11.2. The number of fused-ring (bicyclic) bond motifs is 1. The summed E-state index contributed by atoms with van der Waals surface area (Å²) in [7, 11) is 0. The van der Waals surface area contributed by atoms with Crippen molar-refractivity contribution < 1.29 is 19.2 Å². The fraction of sp³-hybridized carbons (Fsp3) is 0.448. The van der Waals surface area contributed by atoms with E-state index in [0.717, 1.165) is 30.1 Å². The minimum atomic E-state index is -0.973. The van der Waals surface area contributed by atoms with Gasteiger partial charge in [0.2, 0.25) is 11.8 Å². The molecule has 2 N–H and O–H groups in total. The van der Waals surface area contributed by atoms with Crippen LogP contribution in [0.2, 0.25) is 0 Å². The number of carbonyl (C=O) groups excluding carboxylic acids is 4. The maximum Gasteiger partial charge on any atom is 0.264 e. The molecule has 2 fully saturated rings. The Morgan fingerprint density at radius 1 is 1.03 bits per heavy atom. The van der Waals surface area contributed by atoms with Gasteiger partial charge in [-0.15, -0.1) is 0 Å². The van der Waals surface area contributed by atoms with Crippen LogP contribution in [0.4, 0.5) is 5.69 Å². The van der Waals surface area contributed by atoms with Crippen molar-refractivity contribution in [2.45, 2.75) is 65.6 Å². The van der Waals surface area contributed by atoms with Crippen LogP contribution in [0.25, 0.3) is 0 Å². The lowest BCUT2D eigenvalue weighted by molar-refractivity contribution is -0.136. The van der Waals surface area contributed by atoms with Crippen molar-refractivity contribution in [2.75, 3.05) is 18.4 Å². The van der Waals surface area contributed by atoms with E-state index in [2.05, 4.69) is 54.5 Å². The number of carbonyl (C=O) groups is 4. The van der Waals surface area contributed by atoms with Crippen LogP contribution in [0.5, 0.6) is 0 Å². The molecule has 1 atom stereocenters. The summed E-state index contributed by atoms with van der Waals surface area (Å²) in [6, 6.07) is 10.6. The van der Waals surface area contributed by atoms with Crippen molar-refractivity contribution in [2.24, 2.45) is 5.41 Å². The fourth-order valence-corrected chi connectivity index (χ4v) is 5.46. The first-order valence-corrected chi connectivity index (χ1v) is 13.0. The van der Waals surface area contributed by atoms with Crippen molar-refractivity contribution in [1.29, 1.82) is 0 Å². The number of piperidine rings is 2. The molecule has 194 valence electrons. The third-order valence-electron chi connectivity index (χ3n) is 7.96. The third-order valence-corrected chi connectivity index (χ3v) is 7.96. The van der Waals surface area contributed by atoms with Gasteiger partial charge in [-0.2, -0.15) is 0 Å². The predicted octanol–water partition coefficient (Wildman–Crippen LogP) is 3.63. The Balaban J connectivity index is 1.27. The van der Waals surface area contributed by atoms with E-state index < -0.39 is 23.8 Å². The lowest BCUT2D eigenvalue weighted by Gasteiger charge is -2.37. The molecule has 5 rings (SSSR count). The molecule has 0 aromatic heterocycles.